The Labute approximate surface area is 186 Å². The van der Waals surface area contributed by atoms with Gasteiger partial charge in [0.25, 0.3) is 11.7 Å². The molecule has 2 aromatic carbocycles. The van der Waals surface area contributed by atoms with E-state index < -0.39 is 17.7 Å². The Balaban J connectivity index is 1.95. The number of aliphatic hydroxyl groups is 1. The molecule has 0 aliphatic carbocycles. The molecule has 4 rings (SSSR count). The van der Waals surface area contributed by atoms with Crippen LogP contribution in [0.25, 0.3) is 5.76 Å². The van der Waals surface area contributed by atoms with Gasteiger partial charge >= 0.3 is 0 Å². The van der Waals surface area contributed by atoms with Gasteiger partial charge in [-0.1, -0.05) is 12.1 Å². The predicted octanol–water partition coefficient (Wildman–Crippen LogP) is 4.64. The van der Waals surface area contributed by atoms with Crippen molar-refractivity contribution in [3.05, 3.63) is 94.3 Å². The molecule has 1 saturated heterocycles. The fourth-order valence-corrected chi connectivity index (χ4v) is 4.00. The van der Waals surface area contributed by atoms with Gasteiger partial charge in [0.05, 0.1) is 18.7 Å². The Kier molecular flexibility index (Phi) is 5.53. The second-order valence-electron chi connectivity index (χ2n) is 7.90. The third-order valence-corrected chi connectivity index (χ3v) is 5.90. The van der Waals surface area contributed by atoms with Crippen LogP contribution in [-0.2, 0) is 9.59 Å². The van der Waals surface area contributed by atoms with E-state index in [2.05, 4.69) is 4.98 Å². The van der Waals surface area contributed by atoms with Crippen LogP contribution in [0, 0.1) is 20.8 Å². The zero-order valence-electron chi connectivity index (χ0n) is 18.4. The topological polar surface area (TPSA) is 79.7 Å². The molecule has 1 amide bonds. The quantitative estimate of drug-likeness (QED) is 0.372. The van der Waals surface area contributed by atoms with Crippen molar-refractivity contribution in [1.82, 2.24) is 4.98 Å². The Morgan fingerprint density at radius 2 is 1.78 bits per heavy atom. The Morgan fingerprint density at radius 1 is 1.00 bits per heavy atom. The number of carbonyl (C=O) groups is 2. The average Bonchev–Trinajstić information content (AvgIpc) is 3.06. The third kappa shape index (κ3) is 3.54. The summed E-state index contributed by atoms with van der Waals surface area (Å²) in [6, 6.07) is 13.5. The number of pyridine rings is 1. The average molecular weight is 428 g/mol. The molecule has 6 heteroatoms. The first-order valence-electron chi connectivity index (χ1n) is 10.3. The van der Waals surface area contributed by atoms with Crippen molar-refractivity contribution < 1.29 is 19.4 Å². The van der Waals surface area contributed by atoms with E-state index in [-0.39, 0.29) is 11.3 Å². The summed E-state index contributed by atoms with van der Waals surface area (Å²) in [7, 11) is 1.56. The molecule has 0 radical (unpaired) electrons. The first-order valence-corrected chi connectivity index (χ1v) is 10.3. The van der Waals surface area contributed by atoms with Crippen molar-refractivity contribution >= 4 is 23.1 Å². The number of anilines is 1. The molecule has 3 aromatic rings. The summed E-state index contributed by atoms with van der Waals surface area (Å²) in [6.45, 7) is 5.75. The van der Waals surface area contributed by atoms with Crippen LogP contribution < -0.4 is 9.64 Å². The number of amides is 1. The fourth-order valence-electron chi connectivity index (χ4n) is 4.00. The highest BCUT2D eigenvalue weighted by molar-refractivity contribution is 6.51. The summed E-state index contributed by atoms with van der Waals surface area (Å²) in [6.07, 6.45) is 3.23. The van der Waals surface area contributed by atoms with Gasteiger partial charge in [0, 0.05) is 23.6 Å². The molecule has 6 nitrogen and oxygen atoms in total. The molecular formula is C26H24N2O4. The summed E-state index contributed by atoms with van der Waals surface area (Å²) in [4.78, 5) is 32.0. The number of Topliss-reactive ketones (excluding diaryl/α,β-unsaturated/α-hetero) is 1. The molecule has 1 fully saturated rings. The number of nitrogens with zero attached hydrogens (tertiary/aromatic N) is 2. The molecule has 1 atom stereocenters. The zero-order chi connectivity index (χ0) is 23.0. The van der Waals surface area contributed by atoms with E-state index in [1.54, 1.807) is 49.8 Å². The standard InChI is InChI=1S/C26H24N2O4/c1-15-7-8-19(12-16(15)2)28-23(18-6-5-11-27-14-18)22(25(30)26(28)31)24(29)21-10-9-20(32-4)13-17(21)3/h5-14,23,29H,1-4H3/b24-22-. The van der Waals surface area contributed by atoms with Crippen molar-refractivity contribution in [2.45, 2.75) is 26.8 Å². The number of benzene rings is 2. The third-order valence-electron chi connectivity index (χ3n) is 5.90. The lowest BCUT2D eigenvalue weighted by atomic mass is 9.94. The van der Waals surface area contributed by atoms with Gasteiger partial charge in [0.15, 0.2) is 0 Å². The van der Waals surface area contributed by atoms with Crippen LogP contribution in [0.4, 0.5) is 5.69 Å². The number of aryl methyl sites for hydroxylation is 3. The van der Waals surface area contributed by atoms with Crippen molar-refractivity contribution in [3.63, 3.8) is 0 Å². The van der Waals surface area contributed by atoms with E-state index in [1.807, 2.05) is 39.0 Å². The molecule has 0 bridgehead atoms. The molecule has 32 heavy (non-hydrogen) atoms. The Bertz CT molecular complexity index is 1250. The van der Waals surface area contributed by atoms with Gasteiger partial charge in [-0.3, -0.25) is 19.5 Å². The van der Waals surface area contributed by atoms with Crippen LogP contribution in [0.15, 0.2) is 66.5 Å². The lowest BCUT2D eigenvalue weighted by Crippen LogP contribution is -2.29. The summed E-state index contributed by atoms with van der Waals surface area (Å²) in [5.74, 6) is -0.998. The van der Waals surface area contributed by atoms with Crippen LogP contribution in [0.5, 0.6) is 5.75 Å². The maximum absolute atomic E-state index is 13.2. The van der Waals surface area contributed by atoms with Crippen LogP contribution in [0.1, 0.15) is 33.9 Å². The second kappa shape index (κ2) is 8.30. The van der Waals surface area contributed by atoms with E-state index in [0.717, 1.165) is 16.7 Å². The maximum Gasteiger partial charge on any atom is 0.300 e. The van der Waals surface area contributed by atoms with Crippen LogP contribution in [-0.4, -0.2) is 28.9 Å². The molecule has 1 aromatic heterocycles. The number of ketones is 1. The zero-order valence-corrected chi connectivity index (χ0v) is 18.4. The minimum atomic E-state index is -0.799. The van der Waals surface area contributed by atoms with Crippen molar-refractivity contribution in [1.29, 1.82) is 0 Å². The van der Waals surface area contributed by atoms with E-state index in [0.29, 0.717) is 22.6 Å². The van der Waals surface area contributed by atoms with Crippen molar-refractivity contribution in [2.75, 3.05) is 12.0 Å². The molecule has 162 valence electrons. The van der Waals surface area contributed by atoms with Crippen LogP contribution >= 0.6 is 0 Å². The Morgan fingerprint density at radius 3 is 2.41 bits per heavy atom. The van der Waals surface area contributed by atoms with Crippen LogP contribution in [0.2, 0.25) is 0 Å². The van der Waals surface area contributed by atoms with E-state index >= 15 is 0 Å². The number of hydrogen-bond donors (Lipinski definition) is 1. The van der Waals surface area contributed by atoms with E-state index in [4.69, 9.17) is 4.74 Å². The van der Waals surface area contributed by atoms with Gasteiger partial charge in [-0.2, -0.15) is 0 Å². The first kappa shape index (κ1) is 21.3. The maximum atomic E-state index is 13.2. The smallest absolute Gasteiger partial charge is 0.300 e. The highest BCUT2D eigenvalue weighted by atomic mass is 16.5. The van der Waals surface area contributed by atoms with Crippen LogP contribution in [0.3, 0.4) is 0 Å². The predicted molar refractivity (Wildman–Crippen MR) is 123 cm³/mol. The lowest BCUT2D eigenvalue weighted by Gasteiger charge is -2.26. The molecule has 1 N–H and O–H groups in total. The molecule has 1 aliphatic rings. The molecule has 2 heterocycles. The molecule has 1 aliphatic heterocycles. The van der Waals surface area contributed by atoms with Gasteiger partial charge in [0.2, 0.25) is 0 Å². The second-order valence-corrected chi connectivity index (χ2v) is 7.90. The van der Waals surface area contributed by atoms with Gasteiger partial charge < -0.3 is 9.84 Å². The summed E-state index contributed by atoms with van der Waals surface area (Å²) in [5, 5.41) is 11.3. The molecule has 0 spiro atoms. The van der Waals surface area contributed by atoms with Gasteiger partial charge in [-0.25, -0.2) is 0 Å². The number of aromatic nitrogens is 1. The minimum absolute atomic E-state index is 0.0366. The Hall–Kier alpha value is -3.93. The number of carbonyl (C=O) groups excluding carboxylic acids is 2. The van der Waals surface area contributed by atoms with Crippen molar-refractivity contribution in [2.24, 2.45) is 0 Å². The van der Waals surface area contributed by atoms with Gasteiger partial charge in [-0.05, 0) is 79.4 Å². The lowest BCUT2D eigenvalue weighted by molar-refractivity contribution is -0.132. The van der Waals surface area contributed by atoms with Gasteiger partial charge in [0.1, 0.15) is 11.5 Å². The monoisotopic (exact) mass is 428 g/mol. The normalized spacial score (nSPS) is 17.6. The minimum Gasteiger partial charge on any atom is -0.507 e. The largest absolute Gasteiger partial charge is 0.507 e. The first-order chi connectivity index (χ1) is 15.3. The van der Waals surface area contributed by atoms with E-state index in [1.165, 1.54) is 4.90 Å². The molecule has 1 unspecified atom stereocenters. The number of rotatable bonds is 4. The SMILES string of the molecule is COc1ccc(/C(O)=C2/C(=O)C(=O)N(c3ccc(C)c(C)c3)C2c2cccnc2)c(C)c1. The van der Waals surface area contributed by atoms with Gasteiger partial charge in [-0.15, -0.1) is 0 Å². The number of methoxy groups -OCH3 is 1. The molecule has 0 saturated carbocycles. The summed E-state index contributed by atoms with van der Waals surface area (Å²) >= 11 is 0. The fraction of sp³-hybridized carbons (Fsp3) is 0.192. The highest BCUT2D eigenvalue weighted by Gasteiger charge is 2.47. The number of hydrogen-bond acceptors (Lipinski definition) is 5. The van der Waals surface area contributed by atoms with Crippen molar-refractivity contribution in [3.8, 4) is 5.75 Å². The number of aliphatic hydroxyl groups excluding tert-OH is 1. The highest BCUT2D eigenvalue weighted by Crippen LogP contribution is 2.42. The summed E-state index contributed by atoms with van der Waals surface area (Å²) < 4.78 is 5.24. The number of ether oxygens (including phenoxy) is 1. The summed E-state index contributed by atoms with van der Waals surface area (Å²) in [5.41, 5.74) is 4.54. The molecular weight excluding hydrogens is 404 g/mol. The van der Waals surface area contributed by atoms with E-state index in [9.17, 15) is 14.7 Å².